The normalized spacial score (nSPS) is 19.0. The summed E-state index contributed by atoms with van der Waals surface area (Å²) >= 11 is 0. The summed E-state index contributed by atoms with van der Waals surface area (Å²) in [5.41, 5.74) is 2.51. The summed E-state index contributed by atoms with van der Waals surface area (Å²) in [7, 11) is 0. The van der Waals surface area contributed by atoms with Gasteiger partial charge in [0.2, 0.25) is 5.91 Å². The molecule has 1 aliphatic heterocycles. The second-order valence-electron chi connectivity index (χ2n) is 7.86. The molecule has 1 saturated heterocycles. The van der Waals surface area contributed by atoms with Crippen LogP contribution >= 0.6 is 0 Å². The van der Waals surface area contributed by atoms with Crippen LogP contribution in [0.4, 0.5) is 0 Å². The first-order chi connectivity index (χ1) is 13.3. The Hall–Kier alpha value is -2.13. The lowest BCUT2D eigenvalue weighted by molar-refractivity contribution is -0.136. The first-order valence-corrected chi connectivity index (χ1v) is 10.3. The van der Waals surface area contributed by atoms with Gasteiger partial charge in [0.1, 0.15) is 0 Å². The molecule has 27 heavy (non-hydrogen) atoms. The predicted molar refractivity (Wildman–Crippen MR) is 108 cm³/mol. The van der Waals surface area contributed by atoms with Crippen LogP contribution in [0.5, 0.6) is 0 Å². The van der Waals surface area contributed by atoms with Crippen molar-refractivity contribution in [2.24, 2.45) is 5.92 Å². The minimum absolute atomic E-state index is 0.0572. The molecule has 2 aliphatic rings. The molecule has 0 aromatic heterocycles. The number of ether oxygens (including phenoxy) is 1. The zero-order chi connectivity index (χ0) is 18.5. The summed E-state index contributed by atoms with van der Waals surface area (Å²) in [4.78, 5) is 15.2. The highest BCUT2D eigenvalue weighted by Crippen LogP contribution is 2.43. The molecular formula is C24H29NO2. The van der Waals surface area contributed by atoms with Gasteiger partial charge in [0.25, 0.3) is 0 Å². The van der Waals surface area contributed by atoms with Crippen LogP contribution in [-0.4, -0.2) is 36.6 Å². The molecule has 1 saturated carbocycles. The molecule has 1 atom stereocenters. The van der Waals surface area contributed by atoms with E-state index >= 15 is 0 Å². The van der Waals surface area contributed by atoms with Crippen molar-refractivity contribution in [2.75, 3.05) is 19.7 Å². The zero-order valence-electron chi connectivity index (χ0n) is 15.9. The molecule has 3 heteroatoms. The standard InChI is InChI=1S/C24H29NO2/c26-24(23(21-11-12-21)20-9-5-2-6-10-20)25-16-13-22(14-17-25)27-18-15-19-7-3-1-4-8-19/h1-10,21-23H,11-18H2. The Kier molecular flexibility index (Phi) is 5.88. The van der Waals surface area contributed by atoms with Crippen LogP contribution in [0.1, 0.15) is 42.7 Å². The Labute approximate surface area is 162 Å². The van der Waals surface area contributed by atoms with E-state index in [0.717, 1.165) is 39.0 Å². The van der Waals surface area contributed by atoms with Gasteiger partial charge in [-0.05, 0) is 49.1 Å². The molecule has 1 unspecified atom stereocenters. The molecule has 0 spiro atoms. The number of carbonyl (C=O) groups is 1. The van der Waals surface area contributed by atoms with Gasteiger partial charge in [-0.25, -0.2) is 0 Å². The molecule has 3 nitrogen and oxygen atoms in total. The van der Waals surface area contributed by atoms with Gasteiger partial charge in [0.05, 0.1) is 18.6 Å². The SMILES string of the molecule is O=C(C(c1ccccc1)C1CC1)N1CCC(OCCc2ccccc2)CC1. The van der Waals surface area contributed by atoms with Gasteiger partial charge in [-0.3, -0.25) is 4.79 Å². The molecule has 1 aliphatic carbocycles. The van der Waals surface area contributed by atoms with Crippen LogP contribution in [0.3, 0.4) is 0 Å². The number of rotatable bonds is 7. The molecule has 2 aromatic rings. The lowest BCUT2D eigenvalue weighted by Crippen LogP contribution is -2.43. The third-order valence-corrected chi connectivity index (χ3v) is 5.86. The Bertz CT molecular complexity index is 719. The van der Waals surface area contributed by atoms with Crippen molar-refractivity contribution in [2.45, 2.75) is 44.1 Å². The Morgan fingerprint density at radius 1 is 0.926 bits per heavy atom. The average Bonchev–Trinajstić information content (AvgIpc) is 3.55. The van der Waals surface area contributed by atoms with Gasteiger partial charge in [-0.1, -0.05) is 60.7 Å². The number of piperidine rings is 1. The van der Waals surface area contributed by atoms with Crippen molar-refractivity contribution in [1.82, 2.24) is 4.90 Å². The number of carbonyl (C=O) groups excluding carboxylic acids is 1. The zero-order valence-corrected chi connectivity index (χ0v) is 15.9. The molecule has 2 aromatic carbocycles. The van der Waals surface area contributed by atoms with E-state index in [1.54, 1.807) is 0 Å². The summed E-state index contributed by atoms with van der Waals surface area (Å²) in [6, 6.07) is 20.8. The van der Waals surface area contributed by atoms with E-state index in [4.69, 9.17) is 4.74 Å². The minimum atomic E-state index is 0.0572. The van der Waals surface area contributed by atoms with Crippen molar-refractivity contribution in [1.29, 1.82) is 0 Å². The van der Waals surface area contributed by atoms with E-state index in [1.807, 2.05) is 24.3 Å². The van der Waals surface area contributed by atoms with Crippen LogP contribution in [0, 0.1) is 5.92 Å². The summed E-state index contributed by atoms with van der Waals surface area (Å²) in [5.74, 6) is 0.924. The summed E-state index contributed by atoms with van der Waals surface area (Å²) in [6.07, 6.45) is 5.51. The maximum Gasteiger partial charge on any atom is 0.230 e. The number of amides is 1. The fraction of sp³-hybridized carbons (Fsp3) is 0.458. The van der Waals surface area contributed by atoms with Crippen molar-refractivity contribution in [3.8, 4) is 0 Å². The van der Waals surface area contributed by atoms with Crippen LogP contribution < -0.4 is 0 Å². The van der Waals surface area contributed by atoms with Gasteiger partial charge in [-0.2, -0.15) is 0 Å². The quantitative estimate of drug-likeness (QED) is 0.728. The van der Waals surface area contributed by atoms with Crippen LogP contribution in [0.2, 0.25) is 0 Å². The van der Waals surface area contributed by atoms with E-state index in [0.29, 0.717) is 11.8 Å². The highest BCUT2D eigenvalue weighted by molar-refractivity contribution is 5.84. The van der Waals surface area contributed by atoms with Crippen LogP contribution in [0.25, 0.3) is 0 Å². The molecule has 4 rings (SSSR count). The second kappa shape index (κ2) is 8.71. The number of benzene rings is 2. The first kappa shape index (κ1) is 18.2. The number of nitrogens with zero attached hydrogens (tertiary/aromatic N) is 1. The lowest BCUT2D eigenvalue weighted by atomic mass is 9.92. The van der Waals surface area contributed by atoms with Crippen LogP contribution in [-0.2, 0) is 16.0 Å². The second-order valence-corrected chi connectivity index (χ2v) is 7.86. The van der Waals surface area contributed by atoms with E-state index in [-0.39, 0.29) is 12.0 Å². The topological polar surface area (TPSA) is 29.5 Å². The molecule has 0 radical (unpaired) electrons. The maximum absolute atomic E-state index is 13.2. The minimum Gasteiger partial charge on any atom is -0.378 e. The fourth-order valence-corrected chi connectivity index (χ4v) is 4.13. The molecule has 1 heterocycles. The summed E-state index contributed by atoms with van der Waals surface area (Å²) in [5, 5.41) is 0. The van der Waals surface area contributed by atoms with Gasteiger partial charge in [-0.15, -0.1) is 0 Å². The van der Waals surface area contributed by atoms with Crippen molar-refractivity contribution < 1.29 is 9.53 Å². The Balaban J connectivity index is 1.26. The largest absolute Gasteiger partial charge is 0.378 e. The van der Waals surface area contributed by atoms with E-state index < -0.39 is 0 Å². The fourth-order valence-electron chi connectivity index (χ4n) is 4.13. The van der Waals surface area contributed by atoms with Gasteiger partial charge >= 0.3 is 0 Å². The van der Waals surface area contributed by atoms with E-state index in [9.17, 15) is 4.79 Å². The van der Waals surface area contributed by atoms with E-state index in [1.165, 1.54) is 24.0 Å². The predicted octanol–water partition coefficient (Wildman–Crippen LogP) is 4.43. The Morgan fingerprint density at radius 3 is 2.19 bits per heavy atom. The lowest BCUT2D eigenvalue weighted by Gasteiger charge is -2.34. The van der Waals surface area contributed by atoms with Gasteiger partial charge < -0.3 is 9.64 Å². The monoisotopic (exact) mass is 363 g/mol. The van der Waals surface area contributed by atoms with Gasteiger partial charge in [0.15, 0.2) is 0 Å². The highest BCUT2D eigenvalue weighted by atomic mass is 16.5. The van der Waals surface area contributed by atoms with Crippen molar-refractivity contribution >= 4 is 5.91 Å². The summed E-state index contributed by atoms with van der Waals surface area (Å²) < 4.78 is 6.08. The molecular weight excluding hydrogens is 334 g/mol. The number of likely N-dealkylation sites (tertiary alicyclic amines) is 1. The molecule has 0 N–H and O–H groups in total. The average molecular weight is 364 g/mol. The number of hydrogen-bond donors (Lipinski definition) is 0. The van der Waals surface area contributed by atoms with Gasteiger partial charge in [0, 0.05) is 13.1 Å². The molecule has 1 amide bonds. The molecule has 2 fully saturated rings. The van der Waals surface area contributed by atoms with Crippen molar-refractivity contribution in [3.05, 3.63) is 71.8 Å². The van der Waals surface area contributed by atoms with Crippen molar-refractivity contribution in [3.63, 3.8) is 0 Å². The number of hydrogen-bond acceptors (Lipinski definition) is 2. The summed E-state index contributed by atoms with van der Waals surface area (Å²) in [6.45, 7) is 2.41. The third kappa shape index (κ3) is 4.78. The third-order valence-electron chi connectivity index (χ3n) is 5.86. The first-order valence-electron chi connectivity index (χ1n) is 10.3. The molecule has 0 bridgehead atoms. The smallest absolute Gasteiger partial charge is 0.230 e. The van der Waals surface area contributed by atoms with E-state index in [2.05, 4.69) is 41.3 Å². The highest BCUT2D eigenvalue weighted by Gasteiger charge is 2.39. The molecule has 142 valence electrons. The maximum atomic E-state index is 13.2. The van der Waals surface area contributed by atoms with Crippen LogP contribution in [0.15, 0.2) is 60.7 Å². The Morgan fingerprint density at radius 2 is 1.56 bits per heavy atom.